The molecule has 6 heteroatoms. The Morgan fingerprint density at radius 1 is 1.11 bits per heavy atom. The number of pyridine rings is 2. The van der Waals surface area contributed by atoms with E-state index < -0.39 is 11.9 Å². The number of nitrogens with one attached hydrogen (secondary N) is 1. The molecule has 0 aliphatic rings. The van der Waals surface area contributed by atoms with Crippen molar-refractivity contribution < 1.29 is 14.7 Å². The molecule has 2 aromatic heterocycles. The van der Waals surface area contributed by atoms with Crippen molar-refractivity contribution in [1.29, 1.82) is 0 Å². The van der Waals surface area contributed by atoms with E-state index in [1.807, 2.05) is 0 Å². The number of aromatic carboxylic acids is 1. The van der Waals surface area contributed by atoms with Crippen LogP contribution in [0.25, 0.3) is 0 Å². The Bertz CT molecular complexity index is 599. The first-order chi connectivity index (χ1) is 9.18. The van der Waals surface area contributed by atoms with Crippen LogP contribution in [0.5, 0.6) is 0 Å². The SMILES string of the molecule is O=C(O)c1cccnc1C(=O)NCc1ccccn1. The summed E-state index contributed by atoms with van der Waals surface area (Å²) in [6.07, 6.45) is 2.99. The summed E-state index contributed by atoms with van der Waals surface area (Å²) in [4.78, 5) is 30.7. The minimum Gasteiger partial charge on any atom is -0.478 e. The third kappa shape index (κ3) is 3.12. The summed E-state index contributed by atoms with van der Waals surface area (Å²) < 4.78 is 0. The average molecular weight is 257 g/mol. The van der Waals surface area contributed by atoms with E-state index in [-0.39, 0.29) is 17.8 Å². The molecule has 0 saturated carbocycles. The number of amides is 1. The molecular formula is C13H11N3O3. The normalized spacial score (nSPS) is 9.89. The zero-order valence-corrected chi connectivity index (χ0v) is 9.91. The fourth-order valence-electron chi connectivity index (χ4n) is 1.52. The molecule has 0 aliphatic heterocycles. The molecule has 0 aliphatic carbocycles. The van der Waals surface area contributed by atoms with E-state index in [4.69, 9.17) is 5.11 Å². The smallest absolute Gasteiger partial charge is 0.338 e. The summed E-state index contributed by atoms with van der Waals surface area (Å²) in [5, 5.41) is 11.6. The number of carbonyl (C=O) groups is 2. The Morgan fingerprint density at radius 2 is 1.89 bits per heavy atom. The highest BCUT2D eigenvalue weighted by Gasteiger charge is 2.17. The molecule has 1 amide bonds. The van der Waals surface area contributed by atoms with Gasteiger partial charge in [0.05, 0.1) is 17.8 Å². The van der Waals surface area contributed by atoms with Gasteiger partial charge in [-0.15, -0.1) is 0 Å². The van der Waals surface area contributed by atoms with Crippen molar-refractivity contribution in [2.75, 3.05) is 0 Å². The maximum Gasteiger partial charge on any atom is 0.338 e. The maximum absolute atomic E-state index is 11.9. The summed E-state index contributed by atoms with van der Waals surface area (Å²) in [6.45, 7) is 0.218. The third-order valence-electron chi connectivity index (χ3n) is 2.41. The second-order valence-corrected chi connectivity index (χ2v) is 3.71. The molecule has 0 spiro atoms. The molecule has 2 aromatic rings. The number of carboxylic acids is 1. The number of carbonyl (C=O) groups excluding carboxylic acids is 1. The van der Waals surface area contributed by atoms with Crippen LogP contribution < -0.4 is 5.32 Å². The first-order valence-electron chi connectivity index (χ1n) is 5.55. The molecule has 19 heavy (non-hydrogen) atoms. The first-order valence-corrected chi connectivity index (χ1v) is 5.55. The van der Waals surface area contributed by atoms with Crippen LogP contribution in [0, 0.1) is 0 Å². The van der Waals surface area contributed by atoms with Crippen molar-refractivity contribution in [3.05, 3.63) is 59.7 Å². The summed E-state index contributed by atoms with van der Waals surface area (Å²) in [6, 6.07) is 8.14. The quantitative estimate of drug-likeness (QED) is 0.855. The summed E-state index contributed by atoms with van der Waals surface area (Å²) in [5.74, 6) is -1.72. The van der Waals surface area contributed by atoms with E-state index >= 15 is 0 Å². The van der Waals surface area contributed by atoms with Gasteiger partial charge < -0.3 is 10.4 Å². The largest absolute Gasteiger partial charge is 0.478 e. The highest BCUT2D eigenvalue weighted by molar-refractivity contribution is 6.03. The zero-order chi connectivity index (χ0) is 13.7. The number of hydrogen-bond acceptors (Lipinski definition) is 4. The molecule has 2 rings (SSSR count). The molecule has 6 nitrogen and oxygen atoms in total. The van der Waals surface area contributed by atoms with Crippen LogP contribution in [0.2, 0.25) is 0 Å². The van der Waals surface area contributed by atoms with E-state index in [0.29, 0.717) is 5.69 Å². The fraction of sp³-hybridized carbons (Fsp3) is 0.0769. The van der Waals surface area contributed by atoms with E-state index in [9.17, 15) is 9.59 Å². The lowest BCUT2D eigenvalue weighted by Crippen LogP contribution is -2.26. The fourth-order valence-corrected chi connectivity index (χ4v) is 1.52. The van der Waals surface area contributed by atoms with Gasteiger partial charge in [0.15, 0.2) is 0 Å². The van der Waals surface area contributed by atoms with Gasteiger partial charge in [-0.25, -0.2) is 4.79 Å². The summed E-state index contributed by atoms with van der Waals surface area (Å²) >= 11 is 0. The van der Waals surface area contributed by atoms with Crippen LogP contribution in [0.4, 0.5) is 0 Å². The number of carboxylic acid groups (broad SMARTS) is 1. The number of rotatable bonds is 4. The van der Waals surface area contributed by atoms with E-state index in [0.717, 1.165) is 0 Å². The topological polar surface area (TPSA) is 92.2 Å². The van der Waals surface area contributed by atoms with Crippen LogP contribution in [0.3, 0.4) is 0 Å². The Kier molecular flexibility index (Phi) is 3.82. The molecular weight excluding hydrogens is 246 g/mol. The van der Waals surface area contributed by atoms with Crippen LogP contribution in [-0.4, -0.2) is 27.0 Å². The standard InChI is InChI=1S/C13H11N3O3/c17-12(16-8-9-4-1-2-6-14-9)11-10(13(18)19)5-3-7-15-11/h1-7H,8H2,(H,16,17)(H,18,19). The van der Waals surface area contributed by atoms with E-state index in [1.165, 1.54) is 18.3 Å². The molecule has 2 N–H and O–H groups in total. The second-order valence-electron chi connectivity index (χ2n) is 3.71. The monoisotopic (exact) mass is 257 g/mol. The Labute approximate surface area is 109 Å². The molecule has 0 radical (unpaired) electrons. The highest BCUT2D eigenvalue weighted by atomic mass is 16.4. The molecule has 0 saturated heterocycles. The van der Waals surface area contributed by atoms with Crippen molar-refractivity contribution in [3.63, 3.8) is 0 Å². The van der Waals surface area contributed by atoms with Crippen molar-refractivity contribution in [2.45, 2.75) is 6.54 Å². The third-order valence-corrected chi connectivity index (χ3v) is 2.41. The number of nitrogens with zero attached hydrogens (tertiary/aromatic N) is 2. The van der Waals surface area contributed by atoms with Gasteiger partial charge in [0.1, 0.15) is 5.69 Å². The maximum atomic E-state index is 11.9. The predicted molar refractivity (Wildman–Crippen MR) is 66.6 cm³/mol. The Morgan fingerprint density at radius 3 is 2.58 bits per heavy atom. The minimum atomic E-state index is -1.18. The Balaban J connectivity index is 2.10. The van der Waals surface area contributed by atoms with Crippen LogP contribution in [-0.2, 0) is 6.54 Å². The summed E-state index contributed by atoms with van der Waals surface area (Å²) in [5.41, 5.74) is 0.454. The molecule has 0 aromatic carbocycles. The number of hydrogen-bond donors (Lipinski definition) is 2. The van der Waals surface area contributed by atoms with Crippen molar-refractivity contribution in [3.8, 4) is 0 Å². The van der Waals surface area contributed by atoms with Gasteiger partial charge in [0, 0.05) is 12.4 Å². The lowest BCUT2D eigenvalue weighted by Gasteiger charge is -2.06. The van der Waals surface area contributed by atoms with Crippen LogP contribution in [0.1, 0.15) is 26.5 Å². The summed E-state index contributed by atoms with van der Waals surface area (Å²) in [7, 11) is 0. The van der Waals surface area contributed by atoms with Crippen LogP contribution in [0.15, 0.2) is 42.7 Å². The van der Waals surface area contributed by atoms with Crippen molar-refractivity contribution >= 4 is 11.9 Å². The van der Waals surface area contributed by atoms with Gasteiger partial charge in [-0.1, -0.05) is 6.07 Å². The van der Waals surface area contributed by atoms with Gasteiger partial charge in [0.25, 0.3) is 5.91 Å². The molecule has 0 bridgehead atoms. The van der Waals surface area contributed by atoms with Gasteiger partial charge in [-0.05, 0) is 24.3 Å². The second kappa shape index (κ2) is 5.72. The van der Waals surface area contributed by atoms with Crippen molar-refractivity contribution in [2.24, 2.45) is 0 Å². The van der Waals surface area contributed by atoms with Gasteiger partial charge in [-0.2, -0.15) is 0 Å². The molecule has 0 fully saturated rings. The molecule has 2 heterocycles. The lowest BCUT2D eigenvalue weighted by molar-refractivity contribution is 0.0690. The Hall–Kier alpha value is -2.76. The van der Waals surface area contributed by atoms with E-state index in [2.05, 4.69) is 15.3 Å². The van der Waals surface area contributed by atoms with Gasteiger partial charge >= 0.3 is 5.97 Å². The van der Waals surface area contributed by atoms with Crippen LogP contribution >= 0.6 is 0 Å². The molecule has 0 atom stereocenters. The van der Waals surface area contributed by atoms with Crippen molar-refractivity contribution in [1.82, 2.24) is 15.3 Å². The predicted octanol–water partition coefficient (Wildman–Crippen LogP) is 1.10. The number of aromatic nitrogens is 2. The molecule has 96 valence electrons. The average Bonchev–Trinajstić information content (AvgIpc) is 2.46. The van der Waals surface area contributed by atoms with Gasteiger partial charge in [-0.3, -0.25) is 14.8 Å². The highest BCUT2D eigenvalue weighted by Crippen LogP contribution is 2.05. The van der Waals surface area contributed by atoms with Gasteiger partial charge in [0.2, 0.25) is 0 Å². The zero-order valence-electron chi connectivity index (χ0n) is 9.91. The lowest BCUT2D eigenvalue weighted by atomic mass is 10.2. The molecule has 0 unspecified atom stereocenters. The minimum absolute atomic E-state index is 0.106. The van der Waals surface area contributed by atoms with E-state index in [1.54, 1.807) is 24.4 Å². The first kappa shape index (κ1) is 12.7.